The van der Waals surface area contributed by atoms with E-state index in [1.165, 1.54) is 0 Å². The smallest absolute Gasteiger partial charge is 0.270 e. The van der Waals surface area contributed by atoms with Gasteiger partial charge in [-0.25, -0.2) is 9.97 Å². The number of anilines is 2. The summed E-state index contributed by atoms with van der Waals surface area (Å²) < 4.78 is 5.90. The predicted octanol–water partition coefficient (Wildman–Crippen LogP) is 3.27. The topological polar surface area (TPSA) is 151 Å². The Morgan fingerprint density at radius 3 is 2.60 bits per heavy atom. The first-order valence-corrected chi connectivity index (χ1v) is 11.3. The Labute approximate surface area is 202 Å². The lowest BCUT2D eigenvalue weighted by Crippen LogP contribution is -2.45. The standard InChI is InChI=1S/C25H25N9O/c1-25(2,14-26)20-9-17(7-8-29-20)19-13-31-22(27)21(32-19)24-34-33-23(35-24)16-3-5-18(6-4-16)30-12-15-10-28-11-15/h3-9,13,15,28,30H,10-12H2,1-2H3,(H2,27,31). The fourth-order valence-corrected chi connectivity index (χ4v) is 3.61. The first kappa shape index (κ1) is 22.4. The van der Waals surface area contributed by atoms with Crippen molar-refractivity contribution in [3.8, 4) is 40.4 Å². The van der Waals surface area contributed by atoms with Crippen LogP contribution >= 0.6 is 0 Å². The zero-order chi connectivity index (χ0) is 24.4. The van der Waals surface area contributed by atoms with E-state index in [1.54, 1.807) is 18.5 Å². The molecule has 10 heteroatoms. The van der Waals surface area contributed by atoms with Gasteiger partial charge in [-0.15, -0.1) is 10.2 Å². The fourth-order valence-electron chi connectivity index (χ4n) is 3.61. The Balaban J connectivity index is 1.38. The molecule has 0 saturated carbocycles. The predicted molar refractivity (Wildman–Crippen MR) is 132 cm³/mol. The maximum absolute atomic E-state index is 9.44. The van der Waals surface area contributed by atoms with Gasteiger partial charge in [-0.1, -0.05) is 0 Å². The van der Waals surface area contributed by atoms with Crippen LogP contribution in [0.2, 0.25) is 0 Å². The second kappa shape index (κ2) is 9.12. The fraction of sp³-hybridized carbons (Fsp3) is 0.280. The molecule has 1 saturated heterocycles. The summed E-state index contributed by atoms with van der Waals surface area (Å²) in [4.78, 5) is 13.2. The third-order valence-corrected chi connectivity index (χ3v) is 6.00. The number of nitriles is 1. The van der Waals surface area contributed by atoms with Crippen LogP contribution in [0, 0.1) is 17.2 Å². The van der Waals surface area contributed by atoms with Crippen LogP contribution in [-0.4, -0.2) is 44.8 Å². The Kier molecular flexibility index (Phi) is 5.84. The number of pyridine rings is 1. The van der Waals surface area contributed by atoms with Gasteiger partial charge in [-0.05, 0) is 50.2 Å². The number of nitrogens with one attached hydrogen (secondary N) is 2. The maximum Gasteiger partial charge on any atom is 0.270 e. The average molecular weight is 468 g/mol. The third kappa shape index (κ3) is 4.67. The Bertz CT molecular complexity index is 1380. The molecule has 1 fully saturated rings. The summed E-state index contributed by atoms with van der Waals surface area (Å²) in [5.74, 6) is 1.40. The zero-order valence-corrected chi connectivity index (χ0v) is 19.5. The summed E-state index contributed by atoms with van der Waals surface area (Å²) in [6, 6.07) is 13.7. The van der Waals surface area contributed by atoms with Gasteiger partial charge in [0.25, 0.3) is 5.89 Å². The van der Waals surface area contributed by atoms with Gasteiger partial charge in [-0.3, -0.25) is 4.98 Å². The molecule has 35 heavy (non-hydrogen) atoms. The van der Waals surface area contributed by atoms with E-state index in [2.05, 4.69) is 41.9 Å². The molecular formula is C25H25N9O. The molecule has 0 atom stereocenters. The molecule has 0 radical (unpaired) electrons. The average Bonchev–Trinajstić information content (AvgIpc) is 3.34. The van der Waals surface area contributed by atoms with E-state index in [0.29, 0.717) is 28.9 Å². The lowest BCUT2D eigenvalue weighted by Gasteiger charge is -2.27. The van der Waals surface area contributed by atoms with Crippen molar-refractivity contribution >= 4 is 11.5 Å². The van der Waals surface area contributed by atoms with E-state index in [4.69, 9.17) is 10.2 Å². The molecule has 176 valence electrons. The third-order valence-electron chi connectivity index (χ3n) is 6.00. The molecule has 1 aliphatic rings. The minimum Gasteiger partial charge on any atom is -0.414 e. The quantitative estimate of drug-likeness (QED) is 0.369. The molecule has 0 amide bonds. The van der Waals surface area contributed by atoms with Gasteiger partial charge in [0, 0.05) is 48.6 Å². The number of nitrogen functional groups attached to an aromatic ring is 1. The first-order chi connectivity index (χ1) is 16.9. The van der Waals surface area contributed by atoms with Crippen molar-refractivity contribution in [3.63, 3.8) is 0 Å². The number of aromatic nitrogens is 5. The van der Waals surface area contributed by atoms with Gasteiger partial charge in [-0.2, -0.15) is 5.26 Å². The molecule has 4 N–H and O–H groups in total. The van der Waals surface area contributed by atoms with Crippen molar-refractivity contribution in [3.05, 3.63) is 54.5 Å². The summed E-state index contributed by atoms with van der Waals surface area (Å²) in [6.45, 7) is 6.69. The monoisotopic (exact) mass is 467 g/mol. The van der Waals surface area contributed by atoms with Crippen LogP contribution in [0.25, 0.3) is 34.3 Å². The summed E-state index contributed by atoms with van der Waals surface area (Å²) in [7, 11) is 0. The maximum atomic E-state index is 9.44. The Hall–Kier alpha value is -4.36. The molecule has 1 aliphatic heterocycles. The molecule has 5 rings (SSSR count). The highest BCUT2D eigenvalue weighted by atomic mass is 16.4. The van der Waals surface area contributed by atoms with Gasteiger partial charge in [0.05, 0.1) is 29.1 Å². The number of rotatable bonds is 7. The highest BCUT2D eigenvalue weighted by Gasteiger charge is 2.23. The van der Waals surface area contributed by atoms with Gasteiger partial charge >= 0.3 is 0 Å². The molecule has 1 aromatic carbocycles. The molecule has 0 aliphatic carbocycles. The van der Waals surface area contributed by atoms with Crippen molar-refractivity contribution < 1.29 is 4.42 Å². The number of nitrogens with two attached hydrogens (primary N) is 1. The van der Waals surface area contributed by atoms with E-state index in [9.17, 15) is 5.26 Å². The summed E-state index contributed by atoms with van der Waals surface area (Å²) in [6.07, 6.45) is 3.22. The summed E-state index contributed by atoms with van der Waals surface area (Å²) in [5, 5.41) is 24.5. The number of benzene rings is 1. The van der Waals surface area contributed by atoms with E-state index < -0.39 is 5.41 Å². The molecule has 0 unspecified atom stereocenters. The van der Waals surface area contributed by atoms with Gasteiger partial charge in [0.15, 0.2) is 11.5 Å². The molecule has 3 aromatic heterocycles. The van der Waals surface area contributed by atoms with Crippen molar-refractivity contribution in [1.82, 2.24) is 30.5 Å². The SMILES string of the molecule is CC(C)(C#N)c1cc(-c2cnc(N)c(-c3nnc(-c4ccc(NCC5CNC5)cc4)o3)n2)ccn1. The van der Waals surface area contributed by atoms with Crippen LogP contribution in [0.1, 0.15) is 19.5 Å². The molecule has 4 aromatic rings. The van der Waals surface area contributed by atoms with E-state index in [-0.39, 0.29) is 11.7 Å². The van der Waals surface area contributed by atoms with Crippen molar-refractivity contribution in [2.24, 2.45) is 5.92 Å². The minimum atomic E-state index is -0.735. The second-order valence-electron chi connectivity index (χ2n) is 9.05. The van der Waals surface area contributed by atoms with Crippen LogP contribution in [-0.2, 0) is 5.41 Å². The van der Waals surface area contributed by atoms with Crippen molar-refractivity contribution in [2.75, 3.05) is 30.7 Å². The Morgan fingerprint density at radius 1 is 1.11 bits per heavy atom. The van der Waals surface area contributed by atoms with Crippen molar-refractivity contribution in [2.45, 2.75) is 19.3 Å². The molecule has 0 spiro atoms. The number of nitrogens with zero attached hydrogens (tertiary/aromatic N) is 6. The van der Waals surface area contributed by atoms with Gasteiger partial charge in [0.1, 0.15) is 0 Å². The van der Waals surface area contributed by atoms with Crippen LogP contribution < -0.4 is 16.4 Å². The van der Waals surface area contributed by atoms with Crippen molar-refractivity contribution in [1.29, 1.82) is 5.26 Å². The highest BCUT2D eigenvalue weighted by molar-refractivity contribution is 5.69. The molecule has 0 bridgehead atoms. The number of hydrogen-bond donors (Lipinski definition) is 3. The largest absolute Gasteiger partial charge is 0.414 e. The van der Waals surface area contributed by atoms with Gasteiger partial charge in [0.2, 0.25) is 5.89 Å². The van der Waals surface area contributed by atoms with Crippen LogP contribution in [0.5, 0.6) is 0 Å². The van der Waals surface area contributed by atoms with E-state index >= 15 is 0 Å². The molecule has 10 nitrogen and oxygen atoms in total. The van der Waals surface area contributed by atoms with E-state index in [1.807, 2.05) is 44.2 Å². The molecule has 4 heterocycles. The normalized spacial score (nSPS) is 13.7. The van der Waals surface area contributed by atoms with Crippen LogP contribution in [0.4, 0.5) is 11.5 Å². The van der Waals surface area contributed by atoms with Crippen LogP contribution in [0.15, 0.2) is 53.2 Å². The lowest BCUT2D eigenvalue weighted by molar-refractivity contribution is 0.365. The summed E-state index contributed by atoms with van der Waals surface area (Å²) >= 11 is 0. The number of hydrogen-bond acceptors (Lipinski definition) is 10. The van der Waals surface area contributed by atoms with Crippen LogP contribution in [0.3, 0.4) is 0 Å². The second-order valence-corrected chi connectivity index (χ2v) is 9.05. The zero-order valence-electron chi connectivity index (χ0n) is 19.5. The highest BCUT2D eigenvalue weighted by Crippen LogP contribution is 2.30. The minimum absolute atomic E-state index is 0.179. The van der Waals surface area contributed by atoms with Gasteiger partial charge < -0.3 is 20.8 Å². The van der Waals surface area contributed by atoms with E-state index in [0.717, 1.165) is 36.4 Å². The summed E-state index contributed by atoms with van der Waals surface area (Å²) in [5.41, 5.74) is 9.44. The lowest BCUT2D eigenvalue weighted by atomic mass is 9.90. The first-order valence-electron chi connectivity index (χ1n) is 11.3. The Morgan fingerprint density at radius 2 is 1.89 bits per heavy atom. The molecular weight excluding hydrogens is 442 g/mol.